The van der Waals surface area contributed by atoms with Crippen LogP contribution in [0, 0.1) is 20.8 Å². The van der Waals surface area contributed by atoms with Crippen LogP contribution in [0.2, 0.25) is 0 Å². The summed E-state index contributed by atoms with van der Waals surface area (Å²) in [6.45, 7) is 8.19. The van der Waals surface area contributed by atoms with Gasteiger partial charge in [-0.2, -0.15) is 0 Å². The number of carbonyl (C=O) groups excluding carboxylic acids is 7. The van der Waals surface area contributed by atoms with Gasteiger partial charge in [-0.25, -0.2) is 14.8 Å². The second-order valence-electron chi connectivity index (χ2n) is 26.5. The van der Waals surface area contributed by atoms with E-state index in [2.05, 4.69) is 139 Å². The lowest BCUT2D eigenvalue weighted by molar-refractivity contribution is -0.148. The van der Waals surface area contributed by atoms with Crippen molar-refractivity contribution >= 4 is 98.7 Å². The molecule has 23 nitrogen and oxygen atoms in total. The molecule has 110 heavy (non-hydrogen) atoms. The molecule has 14 rings (SSSR count). The molecule has 23 heteroatoms. The van der Waals surface area contributed by atoms with Crippen LogP contribution in [0.1, 0.15) is 104 Å². The third-order valence-corrected chi connectivity index (χ3v) is 19.0. The van der Waals surface area contributed by atoms with Gasteiger partial charge in [-0.15, -0.1) is 0 Å². The topological polar surface area (TPSA) is 279 Å². The molecule has 4 aliphatic rings. The molecule has 2 N–H and O–H groups in total. The van der Waals surface area contributed by atoms with E-state index in [1.807, 2.05) is 30.4 Å². The van der Waals surface area contributed by atoms with Gasteiger partial charge in [0.1, 0.15) is 19.0 Å². The number of nitrogens with zero attached hydrogens (tertiary/aromatic N) is 5. The fraction of sp³-hybridized carbons (Fsp3) is 0.241. The summed E-state index contributed by atoms with van der Waals surface area (Å²) in [7, 11) is 0. The first-order valence-corrected chi connectivity index (χ1v) is 36.4. The summed E-state index contributed by atoms with van der Waals surface area (Å²) >= 11 is 0. The first kappa shape index (κ1) is 74.6. The Morgan fingerprint density at radius 3 is 1.13 bits per heavy atom. The van der Waals surface area contributed by atoms with Crippen LogP contribution in [-0.4, -0.2) is 182 Å². The zero-order chi connectivity index (χ0) is 76.0. The van der Waals surface area contributed by atoms with Gasteiger partial charge in [-0.3, -0.25) is 43.6 Å². The van der Waals surface area contributed by atoms with Gasteiger partial charge in [0.15, 0.2) is 0 Å². The molecule has 4 aromatic heterocycles. The number of rotatable bonds is 33. The van der Waals surface area contributed by atoms with Crippen LogP contribution in [0.15, 0.2) is 170 Å². The van der Waals surface area contributed by atoms with E-state index < -0.39 is 41.5 Å². The molecule has 4 amide bonds. The van der Waals surface area contributed by atoms with Crippen molar-refractivity contribution in [2.24, 2.45) is 0 Å². The fourth-order valence-corrected chi connectivity index (χ4v) is 13.5. The molecule has 0 fully saturated rings. The van der Waals surface area contributed by atoms with E-state index in [9.17, 15) is 33.6 Å². The summed E-state index contributed by atoms with van der Waals surface area (Å²) in [5.41, 5.74) is 18.2. The van der Waals surface area contributed by atoms with Crippen LogP contribution in [0.3, 0.4) is 0 Å². The van der Waals surface area contributed by atoms with Gasteiger partial charge in [-0.1, -0.05) is 102 Å². The maximum atomic E-state index is 13.8. The zero-order valence-corrected chi connectivity index (χ0v) is 61.0. The van der Waals surface area contributed by atoms with Crippen LogP contribution in [-0.2, 0) is 47.5 Å². The van der Waals surface area contributed by atoms with E-state index >= 15 is 0 Å². The number of aromatic amines is 2. The number of pyridine rings is 1. The average Bonchev–Trinajstić information content (AvgIpc) is 1.14. The predicted molar refractivity (Wildman–Crippen MR) is 415 cm³/mol. The van der Waals surface area contributed by atoms with Gasteiger partial charge in [-0.05, 0) is 140 Å². The summed E-state index contributed by atoms with van der Waals surface area (Å²) in [5, 5.41) is 0.517. The molecule has 8 heterocycles. The molecule has 8 bridgehead atoms. The number of aryl methyl sites for hydroxylation is 3. The maximum absolute atomic E-state index is 13.8. The zero-order valence-electron chi connectivity index (χ0n) is 61.0. The normalized spacial score (nSPS) is 12.9. The molecule has 0 saturated carbocycles. The molecule has 10 aromatic rings. The minimum absolute atomic E-state index is 0.0167. The lowest BCUT2D eigenvalue weighted by Gasteiger charge is -2.31. The SMILES string of the molecule is Cc1ccc(-c2c3nc(c(-c4ccc(C)cc4)c4ccc([nH]4)c(-c4cccc(OC(=O)CCC(=O)OCCOCCOCCOCCN5C(=O)c6ccc7c8c(ccc(c68)C5=O)C(=O)N(CCOCCOCCOCCOC(=O)c5cccnc5)C7=O)c4)c4nc(c(-c5ccc(C)cc5)c5ccc2[nH]5)C=C4)C=C3)cc1. The Morgan fingerprint density at radius 2 is 0.736 bits per heavy atom. The molecule has 0 radical (unpaired) electrons. The lowest BCUT2D eigenvalue weighted by Crippen LogP contribution is -2.45. The van der Waals surface area contributed by atoms with Crippen LogP contribution in [0.5, 0.6) is 5.75 Å². The summed E-state index contributed by atoms with van der Waals surface area (Å²) in [6.07, 6.45) is 10.7. The average molecular weight is 1480 g/mol. The first-order valence-electron chi connectivity index (χ1n) is 36.4. The number of H-pyrrole nitrogens is 2. The third-order valence-electron chi connectivity index (χ3n) is 19.0. The second kappa shape index (κ2) is 34.8. The van der Waals surface area contributed by atoms with Crippen molar-refractivity contribution in [3.8, 4) is 50.3 Å². The molecule has 0 spiro atoms. The number of aromatic nitrogens is 5. The van der Waals surface area contributed by atoms with E-state index in [4.69, 9.17) is 52.6 Å². The van der Waals surface area contributed by atoms with Gasteiger partial charge < -0.3 is 52.6 Å². The predicted octanol–water partition coefficient (Wildman–Crippen LogP) is 13.9. The minimum Gasteiger partial charge on any atom is -0.463 e. The number of hydrogen-bond acceptors (Lipinski definition) is 19. The molecule has 0 saturated heterocycles. The van der Waals surface area contributed by atoms with E-state index in [1.165, 1.54) is 30.5 Å². The minimum atomic E-state index is -0.620. The van der Waals surface area contributed by atoms with Crippen molar-refractivity contribution in [2.75, 3.05) is 106 Å². The quantitative estimate of drug-likeness (QED) is 0.0167. The van der Waals surface area contributed by atoms with Gasteiger partial charge in [0.2, 0.25) is 0 Å². The van der Waals surface area contributed by atoms with Crippen LogP contribution < -0.4 is 4.74 Å². The monoisotopic (exact) mass is 1480 g/mol. The number of ether oxygens (including phenoxy) is 9. The Kier molecular flexibility index (Phi) is 23.6. The van der Waals surface area contributed by atoms with E-state index in [-0.39, 0.29) is 157 Å². The molecular formula is C87H79N7O16. The highest BCUT2D eigenvalue weighted by Crippen LogP contribution is 2.41. The largest absolute Gasteiger partial charge is 0.463 e. The molecular weight excluding hydrogens is 1400 g/mol. The highest BCUT2D eigenvalue weighted by molar-refractivity contribution is 6.33. The van der Waals surface area contributed by atoms with Crippen LogP contribution in [0.25, 0.3) is 102 Å². The number of fused-ring (bicyclic) bond motifs is 8. The van der Waals surface area contributed by atoms with Crippen molar-refractivity contribution in [2.45, 2.75) is 33.6 Å². The Balaban J connectivity index is 0.527. The standard InChI is InChI=1S/C87H79N7O16/c1-54-9-15-57(16-10-54)77-67-25-27-69(89-67)78(58-17-11-55(2)12-18-58)71-29-31-73(91-71)80(74-32-30-72(92-74)79(70-28-26-68(77)90-70)59-19-13-56(3)14-20-59)60-6-4-8-62(52-60)110-76(96)34-33-75(95)108-50-48-106-46-44-104-42-40-102-38-36-93-83(97)63-21-23-65-82-66(24-22-64(81(63)82)84(93)98)86(100)94(85(65)99)37-39-103-41-43-105-45-47-107-49-51-109-87(101)61-7-5-35-88-53-61/h4-32,35,52-53,89,92H,33-34,36-51H2,1-3H3. The third kappa shape index (κ3) is 17.0. The van der Waals surface area contributed by atoms with Crippen LogP contribution in [0.4, 0.5) is 0 Å². The summed E-state index contributed by atoms with van der Waals surface area (Å²) in [5.74, 6) is -3.72. The van der Waals surface area contributed by atoms with Crippen molar-refractivity contribution in [3.63, 3.8) is 0 Å². The molecule has 558 valence electrons. The van der Waals surface area contributed by atoms with Crippen LogP contribution >= 0.6 is 0 Å². The fourth-order valence-electron chi connectivity index (χ4n) is 13.5. The van der Waals surface area contributed by atoms with Gasteiger partial charge >= 0.3 is 17.9 Å². The summed E-state index contributed by atoms with van der Waals surface area (Å²) in [6, 6.07) is 50.2. The van der Waals surface area contributed by atoms with E-state index in [0.29, 0.717) is 11.3 Å². The number of esters is 3. The summed E-state index contributed by atoms with van der Waals surface area (Å²) < 4.78 is 50.0. The second-order valence-corrected chi connectivity index (χ2v) is 26.5. The Morgan fingerprint density at radius 1 is 0.373 bits per heavy atom. The molecule has 0 atom stereocenters. The Bertz CT molecular complexity index is 5290. The van der Waals surface area contributed by atoms with E-state index in [1.54, 1.807) is 30.5 Å². The number of imide groups is 2. The smallest absolute Gasteiger partial charge is 0.339 e. The Hall–Kier alpha value is -12.2. The molecule has 0 unspecified atom stereocenters. The van der Waals surface area contributed by atoms with Gasteiger partial charge in [0.05, 0.1) is 134 Å². The molecule has 4 aliphatic heterocycles. The van der Waals surface area contributed by atoms with Crippen molar-refractivity contribution in [1.82, 2.24) is 34.7 Å². The number of amides is 4. The van der Waals surface area contributed by atoms with Crippen molar-refractivity contribution in [3.05, 3.63) is 237 Å². The number of hydrogen-bond donors (Lipinski definition) is 2. The van der Waals surface area contributed by atoms with E-state index in [0.717, 1.165) is 110 Å². The Labute approximate surface area is 633 Å². The molecule has 6 aromatic carbocycles. The van der Waals surface area contributed by atoms with Crippen molar-refractivity contribution in [1.29, 1.82) is 0 Å². The number of nitrogens with one attached hydrogen (secondary N) is 2. The molecule has 0 aliphatic carbocycles. The highest BCUT2D eigenvalue weighted by atomic mass is 16.6. The lowest BCUT2D eigenvalue weighted by atomic mass is 9.86. The number of carbonyl (C=O) groups is 7. The highest BCUT2D eigenvalue weighted by Gasteiger charge is 2.40. The number of benzene rings is 6. The van der Waals surface area contributed by atoms with Gasteiger partial charge in [0.25, 0.3) is 23.6 Å². The first-order chi connectivity index (χ1) is 53.7. The summed E-state index contributed by atoms with van der Waals surface area (Å²) in [4.78, 5) is 118. The van der Waals surface area contributed by atoms with Crippen molar-refractivity contribution < 1.29 is 76.2 Å². The maximum Gasteiger partial charge on any atom is 0.339 e. The van der Waals surface area contributed by atoms with Gasteiger partial charge in [0, 0.05) is 89.7 Å².